The molecule has 0 spiro atoms. The van der Waals surface area contributed by atoms with Crippen molar-refractivity contribution in [3.8, 4) is 55.6 Å². The zero-order valence-corrected chi connectivity index (χ0v) is 18.6. The van der Waals surface area contributed by atoms with E-state index in [4.69, 9.17) is 0 Å². The Morgan fingerprint density at radius 2 is 1.00 bits per heavy atom. The van der Waals surface area contributed by atoms with E-state index in [2.05, 4.69) is 114 Å². The maximum absolute atomic E-state index is 4.24. The molecule has 0 fully saturated rings. The van der Waals surface area contributed by atoms with Gasteiger partial charge in [-0.3, -0.25) is 4.98 Å². The molecule has 5 aromatic carbocycles. The van der Waals surface area contributed by atoms with Crippen LogP contribution in [0.1, 0.15) is 0 Å². The van der Waals surface area contributed by atoms with E-state index in [0.29, 0.717) is 0 Å². The minimum absolute atomic E-state index is 1.14. The van der Waals surface area contributed by atoms with Gasteiger partial charge in [0.15, 0.2) is 0 Å². The minimum Gasteiger partial charge on any atom is -0.264 e. The fourth-order valence-electron chi connectivity index (χ4n) is 5.32. The summed E-state index contributed by atoms with van der Waals surface area (Å²) in [6, 6.07) is 41.7. The highest BCUT2D eigenvalue weighted by Gasteiger charge is 2.22. The lowest BCUT2D eigenvalue weighted by Gasteiger charge is -2.11. The predicted molar refractivity (Wildman–Crippen MR) is 142 cm³/mol. The fraction of sp³-hybridized carbons (Fsp3) is 0. The average Bonchev–Trinajstić information content (AvgIpc) is 3.25. The molecule has 1 heteroatoms. The number of rotatable bonds is 3. The lowest BCUT2D eigenvalue weighted by Crippen LogP contribution is -1.85. The van der Waals surface area contributed by atoms with Gasteiger partial charge in [0.25, 0.3) is 0 Å². The van der Waals surface area contributed by atoms with Crippen LogP contribution in [0.2, 0.25) is 0 Å². The third kappa shape index (κ3) is 2.91. The van der Waals surface area contributed by atoms with Crippen molar-refractivity contribution in [1.29, 1.82) is 0 Å². The number of aromatic nitrogens is 1. The van der Waals surface area contributed by atoms with Crippen molar-refractivity contribution in [2.24, 2.45) is 0 Å². The standard InChI is InChI=1S/C33H21N/c1-2-10-29-28(9-1)31-12-4-11-30-27(17-18-32(29)33(30)31)25-7-3-6-24(20-25)22-13-15-23(16-14-22)26-8-5-19-34-21-26/h1-21H. The molecule has 34 heavy (non-hydrogen) atoms. The molecular weight excluding hydrogens is 410 g/mol. The predicted octanol–water partition coefficient (Wildman–Crippen LogP) is 8.88. The summed E-state index contributed by atoms with van der Waals surface area (Å²) in [6.45, 7) is 0. The third-order valence-corrected chi connectivity index (χ3v) is 6.93. The first-order valence-corrected chi connectivity index (χ1v) is 11.6. The summed E-state index contributed by atoms with van der Waals surface area (Å²) in [5.41, 5.74) is 12.6. The lowest BCUT2D eigenvalue weighted by atomic mass is 9.92. The van der Waals surface area contributed by atoms with Gasteiger partial charge in [0.2, 0.25) is 0 Å². The monoisotopic (exact) mass is 431 g/mol. The summed E-state index contributed by atoms with van der Waals surface area (Å²) < 4.78 is 0. The van der Waals surface area contributed by atoms with E-state index < -0.39 is 0 Å². The Balaban J connectivity index is 1.32. The van der Waals surface area contributed by atoms with Crippen LogP contribution < -0.4 is 0 Å². The van der Waals surface area contributed by atoms with Gasteiger partial charge in [-0.2, -0.15) is 0 Å². The molecule has 0 aliphatic heterocycles. The van der Waals surface area contributed by atoms with E-state index in [1.165, 1.54) is 60.8 Å². The van der Waals surface area contributed by atoms with Gasteiger partial charge in [0, 0.05) is 12.4 Å². The van der Waals surface area contributed by atoms with E-state index in [1.54, 1.807) is 0 Å². The molecule has 0 saturated carbocycles. The summed E-state index contributed by atoms with van der Waals surface area (Å²) >= 11 is 0. The van der Waals surface area contributed by atoms with Crippen LogP contribution >= 0.6 is 0 Å². The van der Waals surface area contributed by atoms with Crippen molar-refractivity contribution >= 4 is 10.8 Å². The largest absolute Gasteiger partial charge is 0.264 e. The van der Waals surface area contributed by atoms with Gasteiger partial charge in [-0.1, -0.05) is 103 Å². The topological polar surface area (TPSA) is 12.9 Å². The molecule has 1 aliphatic carbocycles. The van der Waals surface area contributed by atoms with Crippen LogP contribution in [0.4, 0.5) is 0 Å². The Labute approximate surface area is 199 Å². The Morgan fingerprint density at radius 3 is 1.76 bits per heavy atom. The maximum atomic E-state index is 4.24. The van der Waals surface area contributed by atoms with E-state index in [1.807, 2.05) is 18.5 Å². The van der Waals surface area contributed by atoms with Crippen LogP contribution in [0.3, 0.4) is 0 Å². The Bertz CT molecular complexity index is 1650. The molecule has 1 aliphatic rings. The van der Waals surface area contributed by atoms with Crippen LogP contribution in [0.15, 0.2) is 128 Å². The number of hydrogen-bond acceptors (Lipinski definition) is 1. The summed E-state index contributed by atoms with van der Waals surface area (Å²) in [4.78, 5) is 4.24. The van der Waals surface area contributed by atoms with Gasteiger partial charge in [-0.15, -0.1) is 0 Å². The Hall–Kier alpha value is -4.49. The number of benzene rings is 5. The first-order valence-electron chi connectivity index (χ1n) is 11.6. The van der Waals surface area contributed by atoms with Gasteiger partial charge in [-0.05, 0) is 78.5 Å². The van der Waals surface area contributed by atoms with E-state index >= 15 is 0 Å². The van der Waals surface area contributed by atoms with Crippen LogP contribution in [0, 0.1) is 0 Å². The first-order chi connectivity index (χ1) is 16.9. The summed E-state index contributed by atoms with van der Waals surface area (Å²) in [5.74, 6) is 0. The van der Waals surface area contributed by atoms with Gasteiger partial charge in [0.1, 0.15) is 0 Å². The highest BCUT2D eigenvalue weighted by molar-refractivity contribution is 6.18. The second-order valence-electron chi connectivity index (χ2n) is 8.83. The Kier molecular flexibility index (Phi) is 4.22. The average molecular weight is 432 g/mol. The molecule has 0 N–H and O–H groups in total. The number of hydrogen-bond donors (Lipinski definition) is 0. The quantitative estimate of drug-likeness (QED) is 0.272. The molecule has 0 atom stereocenters. The number of nitrogens with zero attached hydrogens (tertiary/aromatic N) is 1. The third-order valence-electron chi connectivity index (χ3n) is 6.93. The minimum atomic E-state index is 1.14. The molecule has 0 amide bonds. The molecule has 158 valence electrons. The highest BCUT2D eigenvalue weighted by Crippen LogP contribution is 2.49. The van der Waals surface area contributed by atoms with Crippen LogP contribution in [0.5, 0.6) is 0 Å². The molecular formula is C33H21N. The van der Waals surface area contributed by atoms with Crippen molar-refractivity contribution in [2.45, 2.75) is 0 Å². The zero-order valence-electron chi connectivity index (χ0n) is 18.6. The summed E-state index contributed by atoms with van der Waals surface area (Å²) in [6.07, 6.45) is 3.71. The van der Waals surface area contributed by atoms with Gasteiger partial charge in [-0.25, -0.2) is 0 Å². The SMILES string of the molecule is c1cncc(-c2ccc(-c3cccc(-c4ccc5c6c(cccc46)-c4ccccc4-5)c3)cc2)c1. The molecule has 1 aromatic heterocycles. The van der Waals surface area contributed by atoms with Gasteiger partial charge in [0.05, 0.1) is 0 Å². The molecule has 0 unspecified atom stereocenters. The number of pyridine rings is 1. The molecule has 0 bridgehead atoms. The molecule has 1 heterocycles. The number of fused-ring (bicyclic) bond motifs is 3. The maximum Gasteiger partial charge on any atom is 0.0346 e. The fourth-order valence-corrected chi connectivity index (χ4v) is 5.32. The lowest BCUT2D eigenvalue weighted by molar-refractivity contribution is 1.33. The molecule has 0 radical (unpaired) electrons. The second kappa shape index (κ2) is 7.54. The van der Waals surface area contributed by atoms with Gasteiger partial charge >= 0.3 is 0 Å². The van der Waals surface area contributed by atoms with Crippen molar-refractivity contribution < 1.29 is 0 Å². The van der Waals surface area contributed by atoms with Crippen molar-refractivity contribution in [3.05, 3.63) is 128 Å². The first kappa shape index (κ1) is 19.0. The van der Waals surface area contributed by atoms with Crippen molar-refractivity contribution in [2.75, 3.05) is 0 Å². The summed E-state index contributed by atoms with van der Waals surface area (Å²) in [5, 5.41) is 2.68. The van der Waals surface area contributed by atoms with Crippen LogP contribution in [0.25, 0.3) is 66.4 Å². The highest BCUT2D eigenvalue weighted by atomic mass is 14.6. The second-order valence-corrected chi connectivity index (χ2v) is 8.83. The molecule has 7 rings (SSSR count). The summed E-state index contributed by atoms with van der Waals surface area (Å²) in [7, 11) is 0. The van der Waals surface area contributed by atoms with Crippen molar-refractivity contribution in [3.63, 3.8) is 0 Å². The molecule has 6 aromatic rings. The zero-order chi connectivity index (χ0) is 22.5. The van der Waals surface area contributed by atoms with E-state index in [-0.39, 0.29) is 0 Å². The van der Waals surface area contributed by atoms with Crippen LogP contribution in [-0.4, -0.2) is 4.98 Å². The normalized spacial score (nSPS) is 11.5. The van der Waals surface area contributed by atoms with Crippen molar-refractivity contribution in [1.82, 2.24) is 4.98 Å². The van der Waals surface area contributed by atoms with E-state index in [0.717, 1.165) is 5.56 Å². The molecule has 0 saturated heterocycles. The van der Waals surface area contributed by atoms with E-state index in [9.17, 15) is 0 Å². The van der Waals surface area contributed by atoms with Crippen LogP contribution in [-0.2, 0) is 0 Å². The molecule has 1 nitrogen and oxygen atoms in total. The van der Waals surface area contributed by atoms with Gasteiger partial charge < -0.3 is 0 Å². The smallest absolute Gasteiger partial charge is 0.0346 e. The Morgan fingerprint density at radius 1 is 0.382 bits per heavy atom.